The van der Waals surface area contributed by atoms with Gasteiger partial charge in [-0.3, -0.25) is 9.59 Å². The third kappa shape index (κ3) is 6.29. The molecule has 1 saturated heterocycles. The number of halogens is 2. The molecular formula is C28H30Cl2N4O5S. The fourth-order valence-corrected chi connectivity index (χ4v) is 6.16. The Morgan fingerprint density at radius 1 is 1.05 bits per heavy atom. The minimum absolute atomic E-state index is 0.117. The summed E-state index contributed by atoms with van der Waals surface area (Å²) in [7, 11) is -3.41. The van der Waals surface area contributed by atoms with Gasteiger partial charge >= 0.3 is 0 Å². The molecule has 1 N–H and O–H groups in total. The Hall–Kier alpha value is -3.08. The second kappa shape index (κ2) is 11.8. The second-order valence-corrected chi connectivity index (χ2v) is 13.2. The summed E-state index contributed by atoms with van der Waals surface area (Å²) >= 11 is 12.7. The number of para-hydroxylation sites is 1. The highest BCUT2D eigenvalue weighted by atomic mass is 35.5. The van der Waals surface area contributed by atoms with Gasteiger partial charge in [-0.15, -0.1) is 0 Å². The molecule has 0 radical (unpaired) electrons. The SMILES string of the molecule is CS(=O)(=O)CC(=O)N1CCC(C(=O)NC2CCCOc3c2nn(-c2ccccc2Cl)c3-c2ccc(Cl)cc2)CC1. The third-order valence-electron chi connectivity index (χ3n) is 7.20. The summed E-state index contributed by atoms with van der Waals surface area (Å²) in [6.45, 7) is 1.15. The first-order valence-corrected chi connectivity index (χ1v) is 15.9. The number of carbonyl (C=O) groups excluding carboxylic acids is 2. The summed E-state index contributed by atoms with van der Waals surface area (Å²) in [5.74, 6) is -0.763. The van der Waals surface area contributed by atoms with E-state index < -0.39 is 21.5 Å². The monoisotopic (exact) mass is 604 g/mol. The highest BCUT2D eigenvalue weighted by molar-refractivity contribution is 7.91. The van der Waals surface area contributed by atoms with E-state index in [0.717, 1.165) is 23.9 Å². The molecular weight excluding hydrogens is 575 g/mol. The molecule has 3 aromatic rings. The molecule has 0 saturated carbocycles. The lowest BCUT2D eigenvalue weighted by Gasteiger charge is -2.32. The smallest absolute Gasteiger partial charge is 0.237 e. The lowest BCUT2D eigenvalue weighted by atomic mass is 9.95. The van der Waals surface area contributed by atoms with Gasteiger partial charge < -0.3 is 15.0 Å². The van der Waals surface area contributed by atoms with Crippen LogP contribution in [0.1, 0.15) is 37.4 Å². The van der Waals surface area contributed by atoms with Gasteiger partial charge in [0.25, 0.3) is 0 Å². The Bertz CT molecular complexity index is 1520. The van der Waals surface area contributed by atoms with Crippen molar-refractivity contribution < 1.29 is 22.7 Å². The number of likely N-dealkylation sites (tertiary alicyclic amines) is 1. The summed E-state index contributed by atoms with van der Waals surface area (Å²) < 4.78 is 31.0. The maximum absolute atomic E-state index is 13.4. The first-order chi connectivity index (χ1) is 19.1. The van der Waals surface area contributed by atoms with Crippen LogP contribution in [0.25, 0.3) is 16.9 Å². The normalized spacial score (nSPS) is 18.0. The van der Waals surface area contributed by atoms with E-state index in [1.54, 1.807) is 22.9 Å². The molecule has 2 aliphatic rings. The van der Waals surface area contributed by atoms with Gasteiger partial charge in [0.05, 0.1) is 23.4 Å². The summed E-state index contributed by atoms with van der Waals surface area (Å²) in [6, 6.07) is 14.4. The van der Waals surface area contributed by atoms with Crippen molar-refractivity contribution in [3.8, 4) is 22.7 Å². The number of carbonyl (C=O) groups is 2. The minimum Gasteiger partial charge on any atom is -0.489 e. The average Bonchev–Trinajstić information content (AvgIpc) is 3.18. The highest BCUT2D eigenvalue weighted by Gasteiger charge is 2.34. The molecule has 9 nitrogen and oxygen atoms in total. The predicted octanol–water partition coefficient (Wildman–Crippen LogP) is 4.46. The van der Waals surface area contributed by atoms with Crippen molar-refractivity contribution in [1.29, 1.82) is 0 Å². The van der Waals surface area contributed by atoms with Crippen LogP contribution < -0.4 is 10.1 Å². The van der Waals surface area contributed by atoms with Crippen LogP contribution in [-0.2, 0) is 19.4 Å². The molecule has 5 rings (SSSR count). The Balaban J connectivity index is 1.41. The molecule has 40 heavy (non-hydrogen) atoms. The van der Waals surface area contributed by atoms with Crippen LogP contribution in [0.2, 0.25) is 10.0 Å². The summed E-state index contributed by atoms with van der Waals surface area (Å²) in [5, 5.41) is 9.25. The number of piperidine rings is 1. The van der Waals surface area contributed by atoms with Crippen LogP contribution in [0, 0.1) is 5.92 Å². The van der Waals surface area contributed by atoms with E-state index in [2.05, 4.69) is 5.32 Å². The van der Waals surface area contributed by atoms with E-state index in [0.29, 0.717) is 66.1 Å². The van der Waals surface area contributed by atoms with Crippen molar-refractivity contribution in [2.24, 2.45) is 5.92 Å². The lowest BCUT2D eigenvalue weighted by molar-refractivity contribution is -0.134. The van der Waals surface area contributed by atoms with E-state index in [1.165, 1.54) is 4.90 Å². The van der Waals surface area contributed by atoms with Crippen molar-refractivity contribution in [3.05, 3.63) is 64.3 Å². The van der Waals surface area contributed by atoms with Crippen LogP contribution in [0.3, 0.4) is 0 Å². The van der Waals surface area contributed by atoms with Crippen LogP contribution in [0.4, 0.5) is 0 Å². The van der Waals surface area contributed by atoms with Crippen LogP contribution in [-0.4, -0.2) is 66.6 Å². The van der Waals surface area contributed by atoms with Gasteiger partial charge in [-0.05, 0) is 49.9 Å². The van der Waals surface area contributed by atoms with Gasteiger partial charge in [0, 0.05) is 35.8 Å². The van der Waals surface area contributed by atoms with Crippen molar-refractivity contribution in [2.45, 2.75) is 31.7 Å². The highest BCUT2D eigenvalue weighted by Crippen LogP contribution is 2.42. The number of amides is 2. The summed E-state index contributed by atoms with van der Waals surface area (Å²) in [4.78, 5) is 27.2. The average molecular weight is 606 g/mol. The minimum atomic E-state index is -3.41. The number of fused-ring (bicyclic) bond motifs is 1. The third-order valence-corrected chi connectivity index (χ3v) is 8.54. The van der Waals surface area contributed by atoms with Gasteiger partial charge in [0.2, 0.25) is 11.8 Å². The number of rotatable bonds is 6. The standard InChI is InChI=1S/C28H30Cl2N4O5S/c1-40(37,38)17-24(35)33-14-12-19(13-15-33)28(36)31-22-6-4-16-39-27-25(22)32-34(23-7-3-2-5-21(23)30)26(27)18-8-10-20(29)11-9-18/h2-3,5,7-11,19,22H,4,6,12-17H2,1H3,(H,31,36). The van der Waals surface area contributed by atoms with Crippen molar-refractivity contribution in [3.63, 3.8) is 0 Å². The van der Waals surface area contributed by atoms with Gasteiger partial charge in [-0.2, -0.15) is 5.10 Å². The van der Waals surface area contributed by atoms with Gasteiger partial charge in [0.1, 0.15) is 17.1 Å². The quantitative estimate of drug-likeness (QED) is 0.445. The van der Waals surface area contributed by atoms with E-state index in [-0.39, 0.29) is 17.9 Å². The predicted molar refractivity (Wildman–Crippen MR) is 154 cm³/mol. The van der Waals surface area contributed by atoms with E-state index in [9.17, 15) is 18.0 Å². The first-order valence-electron chi connectivity index (χ1n) is 13.1. The molecule has 12 heteroatoms. The zero-order chi connectivity index (χ0) is 28.4. The fraction of sp³-hybridized carbons (Fsp3) is 0.393. The molecule has 3 heterocycles. The maximum atomic E-state index is 13.4. The number of nitrogens with one attached hydrogen (secondary N) is 1. The van der Waals surface area contributed by atoms with E-state index in [4.69, 9.17) is 33.0 Å². The topological polar surface area (TPSA) is 111 Å². The Morgan fingerprint density at radius 3 is 2.42 bits per heavy atom. The van der Waals surface area contributed by atoms with Crippen molar-refractivity contribution in [1.82, 2.24) is 20.0 Å². The molecule has 2 aliphatic heterocycles. The number of hydrogen-bond acceptors (Lipinski definition) is 6. The number of sulfone groups is 1. The van der Waals surface area contributed by atoms with Gasteiger partial charge in [-0.1, -0.05) is 47.5 Å². The van der Waals surface area contributed by atoms with E-state index in [1.807, 2.05) is 30.3 Å². The summed E-state index contributed by atoms with van der Waals surface area (Å²) in [6.07, 6.45) is 3.33. The fourth-order valence-electron chi connectivity index (χ4n) is 5.19. The molecule has 1 aromatic heterocycles. The van der Waals surface area contributed by atoms with Crippen LogP contribution >= 0.6 is 23.2 Å². The van der Waals surface area contributed by atoms with Crippen molar-refractivity contribution >= 4 is 44.9 Å². The second-order valence-electron chi connectivity index (χ2n) is 10.2. The number of nitrogens with zero attached hydrogens (tertiary/aromatic N) is 3. The van der Waals surface area contributed by atoms with Gasteiger partial charge in [-0.25, -0.2) is 13.1 Å². The summed E-state index contributed by atoms with van der Waals surface area (Å²) in [5.41, 5.74) is 2.87. The van der Waals surface area contributed by atoms with Gasteiger partial charge in [0.15, 0.2) is 15.6 Å². The molecule has 1 fully saturated rings. The molecule has 212 valence electrons. The maximum Gasteiger partial charge on any atom is 0.237 e. The van der Waals surface area contributed by atoms with Crippen LogP contribution in [0.15, 0.2) is 48.5 Å². The molecule has 1 unspecified atom stereocenters. The molecule has 0 bridgehead atoms. The number of benzene rings is 2. The van der Waals surface area contributed by atoms with Crippen LogP contribution in [0.5, 0.6) is 5.75 Å². The number of aromatic nitrogens is 2. The number of ether oxygens (including phenoxy) is 1. The Kier molecular flexibility index (Phi) is 8.39. The first kappa shape index (κ1) is 28.4. The number of hydrogen-bond donors (Lipinski definition) is 1. The van der Waals surface area contributed by atoms with Crippen molar-refractivity contribution in [2.75, 3.05) is 31.7 Å². The molecule has 0 spiro atoms. The molecule has 1 atom stereocenters. The van der Waals surface area contributed by atoms with E-state index >= 15 is 0 Å². The lowest BCUT2D eigenvalue weighted by Crippen LogP contribution is -2.45. The zero-order valence-corrected chi connectivity index (χ0v) is 24.3. The zero-order valence-electron chi connectivity index (χ0n) is 22.0. The molecule has 0 aliphatic carbocycles. The Morgan fingerprint density at radius 2 is 1.75 bits per heavy atom. The Labute approximate surface area is 243 Å². The molecule has 2 aromatic carbocycles. The largest absolute Gasteiger partial charge is 0.489 e. The molecule has 2 amide bonds.